The lowest BCUT2D eigenvalue weighted by Crippen LogP contribution is -2.47. The zero-order chi connectivity index (χ0) is 23.7. The number of rotatable bonds is 8. The van der Waals surface area contributed by atoms with Crippen molar-refractivity contribution < 1.29 is 29.0 Å². The number of hydrogen-bond acceptors (Lipinski definition) is 5. The maximum atomic E-state index is 12.7. The van der Waals surface area contributed by atoms with E-state index in [-0.39, 0.29) is 23.8 Å². The van der Waals surface area contributed by atoms with Gasteiger partial charge in [-0.15, -0.1) is 0 Å². The van der Waals surface area contributed by atoms with E-state index < -0.39 is 29.6 Å². The molecule has 174 valence electrons. The summed E-state index contributed by atoms with van der Waals surface area (Å²) in [5, 5.41) is 12.5. The molecule has 2 unspecified atom stereocenters. The largest absolute Gasteiger partial charge is 0.481 e. The van der Waals surface area contributed by atoms with Crippen molar-refractivity contribution >= 4 is 23.9 Å². The minimum atomic E-state index is -0.986. The van der Waals surface area contributed by atoms with Crippen molar-refractivity contribution in [2.45, 2.75) is 71.4 Å². The third kappa shape index (κ3) is 5.11. The van der Waals surface area contributed by atoms with E-state index >= 15 is 0 Å². The van der Waals surface area contributed by atoms with Gasteiger partial charge in [-0.3, -0.25) is 19.3 Å². The molecular formula is C24H32N2O6. The van der Waals surface area contributed by atoms with Crippen LogP contribution in [-0.2, 0) is 9.53 Å². The Balaban J connectivity index is 1.64. The highest BCUT2D eigenvalue weighted by atomic mass is 16.6. The molecule has 2 aliphatic rings. The van der Waals surface area contributed by atoms with Crippen LogP contribution in [0.5, 0.6) is 0 Å². The Hall–Kier alpha value is -2.90. The fraction of sp³-hybridized carbons (Fsp3) is 0.583. The number of amides is 3. The van der Waals surface area contributed by atoms with Gasteiger partial charge in [0.1, 0.15) is 5.60 Å². The summed E-state index contributed by atoms with van der Waals surface area (Å²) in [6.45, 7) is 7.16. The molecule has 1 aliphatic carbocycles. The molecule has 3 rings (SSSR count). The average Bonchev–Trinajstić information content (AvgIpc) is 2.90. The van der Waals surface area contributed by atoms with Gasteiger partial charge in [0.25, 0.3) is 11.8 Å². The molecule has 1 aromatic rings. The lowest BCUT2D eigenvalue weighted by atomic mass is 9.61. The highest BCUT2D eigenvalue weighted by Gasteiger charge is 2.44. The van der Waals surface area contributed by atoms with Gasteiger partial charge in [-0.05, 0) is 70.9 Å². The number of fused-ring (bicyclic) bond motifs is 1. The number of imide groups is 1. The number of carbonyl (C=O) groups excluding carboxylic acids is 3. The second-order valence-electron chi connectivity index (χ2n) is 9.99. The van der Waals surface area contributed by atoms with Crippen molar-refractivity contribution in [1.82, 2.24) is 10.2 Å². The number of nitrogens with one attached hydrogen (secondary N) is 1. The number of carboxylic acid groups (broad SMARTS) is 1. The lowest BCUT2D eigenvalue weighted by Gasteiger charge is -2.45. The molecule has 0 spiro atoms. The van der Waals surface area contributed by atoms with Crippen molar-refractivity contribution in [3.63, 3.8) is 0 Å². The Morgan fingerprint density at radius 1 is 1.16 bits per heavy atom. The third-order valence-corrected chi connectivity index (χ3v) is 6.48. The Morgan fingerprint density at radius 3 is 2.16 bits per heavy atom. The van der Waals surface area contributed by atoms with E-state index in [9.17, 15) is 24.3 Å². The molecule has 32 heavy (non-hydrogen) atoms. The Kier molecular flexibility index (Phi) is 6.62. The highest BCUT2D eigenvalue weighted by molar-refractivity contribution is 6.21. The minimum Gasteiger partial charge on any atom is -0.481 e. The number of hydrogen-bond donors (Lipinski definition) is 2. The quantitative estimate of drug-likeness (QED) is 0.589. The van der Waals surface area contributed by atoms with Crippen LogP contribution < -0.4 is 5.32 Å². The van der Waals surface area contributed by atoms with Crippen LogP contribution in [0.15, 0.2) is 24.3 Å². The van der Waals surface area contributed by atoms with Gasteiger partial charge in [0.05, 0.1) is 17.0 Å². The number of benzene rings is 1. The van der Waals surface area contributed by atoms with Crippen LogP contribution in [0, 0.1) is 11.3 Å². The predicted molar refractivity (Wildman–Crippen MR) is 117 cm³/mol. The van der Waals surface area contributed by atoms with Crippen LogP contribution >= 0.6 is 0 Å². The summed E-state index contributed by atoms with van der Waals surface area (Å²) in [7, 11) is 0. The highest BCUT2D eigenvalue weighted by Crippen LogP contribution is 2.49. The zero-order valence-electron chi connectivity index (χ0n) is 19.1. The zero-order valence-corrected chi connectivity index (χ0v) is 19.1. The van der Waals surface area contributed by atoms with Crippen molar-refractivity contribution in [2.24, 2.45) is 11.3 Å². The summed E-state index contributed by atoms with van der Waals surface area (Å²) in [4.78, 5) is 50.7. The summed E-state index contributed by atoms with van der Waals surface area (Å²) < 4.78 is 5.25. The van der Waals surface area contributed by atoms with Crippen LogP contribution in [0.1, 0.15) is 80.5 Å². The molecule has 0 saturated heterocycles. The molecule has 2 N–H and O–H groups in total. The predicted octanol–water partition coefficient (Wildman–Crippen LogP) is 3.85. The number of carboxylic acids is 1. The third-order valence-electron chi connectivity index (χ3n) is 6.48. The maximum Gasteiger partial charge on any atom is 0.407 e. The molecule has 8 heteroatoms. The fourth-order valence-corrected chi connectivity index (χ4v) is 4.56. The van der Waals surface area contributed by atoms with E-state index in [1.165, 1.54) is 4.90 Å². The standard InChI is InChI=1S/C24H32N2O6/c1-15(25-22(31)32-23(2,3)4)18(21(29)30)14-24(10-7-11-24)12-13-26-19(27)16-8-5-6-9-17(16)20(26)28/h5-6,8-9,15,18H,7,10-14H2,1-4H3,(H,25,31)(H,29,30). The molecule has 0 bridgehead atoms. The van der Waals surface area contributed by atoms with Crippen molar-refractivity contribution in [3.8, 4) is 0 Å². The summed E-state index contributed by atoms with van der Waals surface area (Å²) in [6.07, 6.45) is 2.90. The van der Waals surface area contributed by atoms with E-state index in [4.69, 9.17) is 4.74 Å². The first-order chi connectivity index (χ1) is 14.9. The smallest absolute Gasteiger partial charge is 0.407 e. The molecule has 1 aromatic carbocycles. The van der Waals surface area contributed by atoms with Crippen molar-refractivity contribution in [3.05, 3.63) is 35.4 Å². The number of nitrogens with zero attached hydrogens (tertiary/aromatic N) is 1. The summed E-state index contributed by atoms with van der Waals surface area (Å²) in [5.74, 6) is -2.38. The molecule has 2 atom stereocenters. The first-order valence-electron chi connectivity index (χ1n) is 11.1. The molecule has 1 saturated carbocycles. The summed E-state index contributed by atoms with van der Waals surface area (Å²) in [6, 6.07) is 6.15. The molecule has 1 fully saturated rings. The van der Waals surface area contributed by atoms with Crippen molar-refractivity contribution in [2.75, 3.05) is 6.54 Å². The molecular weight excluding hydrogens is 412 g/mol. The van der Waals surface area contributed by atoms with E-state index in [1.807, 2.05) is 0 Å². The van der Waals surface area contributed by atoms with Gasteiger partial charge in [-0.1, -0.05) is 18.6 Å². The number of carbonyl (C=O) groups is 4. The minimum absolute atomic E-state index is 0.257. The Labute approximate surface area is 188 Å². The average molecular weight is 445 g/mol. The first-order valence-corrected chi connectivity index (χ1v) is 11.1. The number of ether oxygens (including phenoxy) is 1. The van der Waals surface area contributed by atoms with E-state index in [0.717, 1.165) is 19.3 Å². The van der Waals surface area contributed by atoms with Crippen LogP contribution in [0.4, 0.5) is 4.79 Å². The van der Waals surface area contributed by atoms with Gasteiger partial charge in [0.2, 0.25) is 0 Å². The molecule has 0 radical (unpaired) electrons. The number of alkyl carbamates (subject to hydrolysis) is 1. The Bertz CT molecular complexity index is 880. The van der Waals surface area contributed by atoms with Crippen molar-refractivity contribution in [1.29, 1.82) is 0 Å². The van der Waals surface area contributed by atoms with Crippen LogP contribution in [-0.4, -0.2) is 52.1 Å². The van der Waals surface area contributed by atoms with Crippen LogP contribution in [0.2, 0.25) is 0 Å². The molecule has 1 aliphatic heterocycles. The van der Waals surface area contributed by atoms with Gasteiger partial charge in [0.15, 0.2) is 0 Å². The number of aliphatic carboxylic acids is 1. The van der Waals surface area contributed by atoms with Gasteiger partial charge in [-0.2, -0.15) is 0 Å². The Morgan fingerprint density at radius 2 is 1.72 bits per heavy atom. The second-order valence-corrected chi connectivity index (χ2v) is 9.99. The molecule has 0 aromatic heterocycles. The lowest BCUT2D eigenvalue weighted by molar-refractivity contribution is -0.144. The fourth-order valence-electron chi connectivity index (χ4n) is 4.56. The maximum absolute atomic E-state index is 12.7. The SMILES string of the molecule is CC(NC(=O)OC(C)(C)C)C(CC1(CCN2C(=O)c3ccccc3C2=O)CCC1)C(=O)O. The molecule has 3 amide bonds. The van der Waals surface area contributed by atoms with Gasteiger partial charge in [0, 0.05) is 12.6 Å². The topological polar surface area (TPSA) is 113 Å². The monoisotopic (exact) mass is 444 g/mol. The van der Waals surface area contributed by atoms with E-state index in [1.54, 1.807) is 52.0 Å². The first kappa shape index (κ1) is 23.8. The summed E-state index contributed by atoms with van der Waals surface area (Å²) >= 11 is 0. The molecule has 8 nitrogen and oxygen atoms in total. The van der Waals surface area contributed by atoms with Gasteiger partial charge >= 0.3 is 12.1 Å². The molecule has 1 heterocycles. The van der Waals surface area contributed by atoms with E-state index in [0.29, 0.717) is 24.0 Å². The summed E-state index contributed by atoms with van der Waals surface area (Å²) in [5.41, 5.74) is -0.121. The van der Waals surface area contributed by atoms with Gasteiger partial charge < -0.3 is 15.2 Å². The van der Waals surface area contributed by atoms with Crippen LogP contribution in [0.3, 0.4) is 0 Å². The normalized spacial score (nSPS) is 19.1. The second kappa shape index (κ2) is 8.92. The van der Waals surface area contributed by atoms with Crippen LogP contribution in [0.25, 0.3) is 0 Å². The van der Waals surface area contributed by atoms with Gasteiger partial charge in [-0.25, -0.2) is 4.79 Å². The van der Waals surface area contributed by atoms with E-state index in [2.05, 4.69) is 5.32 Å².